The van der Waals surface area contributed by atoms with Gasteiger partial charge in [0.1, 0.15) is 0 Å². The van der Waals surface area contributed by atoms with E-state index in [1.165, 1.54) is 0 Å². The van der Waals surface area contributed by atoms with Crippen LogP contribution in [0.3, 0.4) is 0 Å². The summed E-state index contributed by atoms with van der Waals surface area (Å²) in [7, 11) is -34.6. The molecular formula is C24H60O16S4Si5. The predicted molar refractivity (Wildman–Crippen MR) is 200 cm³/mol. The second-order valence-electron chi connectivity index (χ2n) is 14.1. The molecule has 4 atom stereocenters. The second kappa shape index (κ2) is 17.8. The van der Waals surface area contributed by atoms with E-state index < -0.39 is 106 Å². The molecule has 0 amide bonds. The molecule has 0 rings (SSSR count). The van der Waals surface area contributed by atoms with Crippen LogP contribution in [0.2, 0.25) is 52.4 Å². The molecule has 0 aliphatic rings. The van der Waals surface area contributed by atoms with Crippen molar-refractivity contribution in [3.05, 3.63) is 0 Å². The lowest BCUT2D eigenvalue weighted by Gasteiger charge is -2.49. The lowest BCUT2D eigenvalue weighted by atomic mass is 10.5. The van der Waals surface area contributed by atoms with Gasteiger partial charge in [-0.3, -0.25) is 16.7 Å². The van der Waals surface area contributed by atoms with Crippen molar-refractivity contribution in [2.75, 3.05) is 25.0 Å². The Morgan fingerprint density at radius 3 is 0.612 bits per heavy atom. The van der Waals surface area contributed by atoms with Gasteiger partial charge in [0, 0.05) is 0 Å². The number of rotatable bonds is 24. The molecule has 4 unspecified atom stereocenters. The summed E-state index contributed by atoms with van der Waals surface area (Å²) in [4.78, 5) is 0. The van der Waals surface area contributed by atoms with Gasteiger partial charge in [0.15, 0.2) is 0 Å². The summed E-state index contributed by atoms with van der Waals surface area (Å²) in [5.41, 5.74) is -3.94. The van der Waals surface area contributed by atoms with Gasteiger partial charge < -0.3 is 16.5 Å². The van der Waals surface area contributed by atoms with Gasteiger partial charge in [-0.05, 0) is 78.1 Å². The Kier molecular flexibility index (Phi) is 18.0. The van der Waals surface area contributed by atoms with Crippen LogP contribution in [0.15, 0.2) is 0 Å². The highest BCUT2D eigenvalue weighted by Gasteiger charge is 2.63. The molecule has 0 aromatic rings. The lowest BCUT2D eigenvalue weighted by Crippen LogP contribution is -2.72. The smallest absolute Gasteiger partial charge is 0.393 e. The molecule has 0 aliphatic carbocycles. The molecule has 0 aromatic heterocycles. The molecule has 16 nitrogen and oxygen atoms in total. The average molecular weight is 873 g/mol. The van der Waals surface area contributed by atoms with E-state index >= 15 is 0 Å². The minimum absolute atomic E-state index is 0.192. The van der Waals surface area contributed by atoms with E-state index in [-0.39, 0.29) is 25.7 Å². The zero-order valence-electron chi connectivity index (χ0n) is 31.8. The predicted octanol–water partition coefficient (Wildman–Crippen LogP) is 3.48. The van der Waals surface area contributed by atoms with Crippen molar-refractivity contribution in [2.45, 2.75) is 129 Å². The second-order valence-corrected chi connectivity index (χ2v) is 40.2. The Hall–Kier alpha value is 0.564. The Morgan fingerprint density at radius 1 is 0.367 bits per heavy atom. The maximum atomic E-state index is 12.3. The summed E-state index contributed by atoms with van der Waals surface area (Å²) in [6.45, 7) is 20.3. The summed E-state index contributed by atoms with van der Waals surface area (Å²) < 4.78 is 148. The third kappa shape index (κ3) is 18.0. The summed E-state index contributed by atoms with van der Waals surface area (Å²) >= 11 is 0. The molecule has 0 aliphatic heterocycles. The minimum Gasteiger partial charge on any atom is -0.393 e. The molecule has 0 heterocycles. The van der Waals surface area contributed by atoms with Gasteiger partial charge >= 0.3 is 9.05 Å². The molecule has 0 saturated carbocycles. The van der Waals surface area contributed by atoms with E-state index in [2.05, 4.69) is 0 Å². The minimum atomic E-state index is -4.81. The molecule has 0 spiro atoms. The fraction of sp³-hybridized carbons (Fsp3) is 1.00. The fourth-order valence-corrected chi connectivity index (χ4v) is 32.9. The Labute approximate surface area is 301 Å². The zero-order valence-corrected chi connectivity index (χ0v) is 40.1. The zero-order chi connectivity index (χ0) is 39.3. The molecule has 0 radical (unpaired) electrons. The Morgan fingerprint density at radius 2 is 0.510 bits per heavy atom. The van der Waals surface area contributed by atoms with E-state index in [0.29, 0.717) is 0 Å². The molecule has 25 heteroatoms. The first-order valence-electron chi connectivity index (χ1n) is 15.8. The van der Waals surface area contributed by atoms with Crippen LogP contribution >= 0.6 is 0 Å². The quantitative estimate of drug-likeness (QED) is 0.100. The highest BCUT2D eigenvalue weighted by molar-refractivity contribution is 7.86. The molecule has 0 saturated heterocycles. The summed E-state index contributed by atoms with van der Waals surface area (Å²) in [6, 6.07) is 0. The van der Waals surface area contributed by atoms with Crippen LogP contribution in [0.4, 0.5) is 0 Å². The topological polar surface area (TPSA) is 210 Å². The van der Waals surface area contributed by atoms with Crippen LogP contribution in [0, 0.1) is 0 Å². The highest BCUT2D eigenvalue weighted by atomic mass is 32.2. The third-order valence-electron chi connectivity index (χ3n) is 7.30. The molecule has 0 N–H and O–H groups in total. The first kappa shape index (κ1) is 49.6. The monoisotopic (exact) mass is 872 g/mol. The fourth-order valence-electron chi connectivity index (χ4n) is 5.22. The van der Waals surface area contributed by atoms with Gasteiger partial charge in [-0.15, -0.1) is 0 Å². The van der Waals surface area contributed by atoms with Gasteiger partial charge in [-0.1, -0.05) is 27.7 Å². The first-order valence-corrected chi connectivity index (χ1v) is 36.7. The number of hydrogen-bond acceptors (Lipinski definition) is 16. The largest absolute Gasteiger partial charge is 0.637 e. The molecule has 0 bridgehead atoms. The Balaban J connectivity index is 8.04. The van der Waals surface area contributed by atoms with E-state index in [1.807, 2.05) is 0 Å². The first-order chi connectivity index (χ1) is 21.5. The SMILES string of the molecule is CCC(OS(C)(=O)=O)[Si](C)(C)O[Si](O[Si](C)(C)C(CC)OS(C)(=O)=O)(O[Si](C)(C)C(CC)OS(C)(=O)=O)O[Si](C)(C)C(CC)OS(C)(=O)=O. The van der Waals surface area contributed by atoms with Crippen LogP contribution in [0.5, 0.6) is 0 Å². The summed E-state index contributed by atoms with van der Waals surface area (Å²) in [6.07, 6.45) is 4.41. The van der Waals surface area contributed by atoms with E-state index in [0.717, 1.165) is 25.0 Å². The lowest BCUT2D eigenvalue weighted by molar-refractivity contribution is 0.108. The summed E-state index contributed by atoms with van der Waals surface area (Å²) in [5.74, 6) is 0. The van der Waals surface area contributed by atoms with E-state index in [9.17, 15) is 33.7 Å². The van der Waals surface area contributed by atoms with Crippen molar-refractivity contribution >= 4 is 82.8 Å². The van der Waals surface area contributed by atoms with Gasteiger partial charge in [0.05, 0.1) is 47.9 Å². The number of hydrogen-bond donors (Lipinski definition) is 0. The van der Waals surface area contributed by atoms with Crippen LogP contribution in [-0.2, 0) is 73.7 Å². The van der Waals surface area contributed by atoms with Crippen molar-refractivity contribution < 1.29 is 66.9 Å². The van der Waals surface area contributed by atoms with Crippen LogP contribution < -0.4 is 0 Å². The van der Waals surface area contributed by atoms with Gasteiger partial charge in [0.2, 0.25) is 33.3 Å². The Bertz CT molecular complexity index is 1290. The highest BCUT2D eigenvalue weighted by Crippen LogP contribution is 2.37. The molecular weight excluding hydrogens is 813 g/mol. The van der Waals surface area contributed by atoms with Crippen LogP contribution in [0.1, 0.15) is 53.4 Å². The van der Waals surface area contributed by atoms with Gasteiger partial charge in [-0.25, -0.2) is 0 Å². The summed E-state index contributed by atoms with van der Waals surface area (Å²) in [5, 5.41) is 0. The molecule has 0 fully saturated rings. The van der Waals surface area contributed by atoms with Crippen molar-refractivity contribution in [1.29, 1.82) is 0 Å². The standard InChI is InChI=1S/C24H60O16S4Si5/c1-17-21(33-41(5,25)26)45(9,10)37-49(38-46(11,12)22(18-2)34-42(6,27)28,39-47(13,14)23(19-3)35-43(7,29)30)40-48(15,16)24(20-4)36-44(8,31)32/h21-24H,17-20H2,1-16H3. The van der Waals surface area contributed by atoms with Crippen LogP contribution in [-0.4, -0.2) is 124 Å². The third-order valence-corrected chi connectivity index (χ3v) is 31.0. The van der Waals surface area contributed by atoms with Crippen LogP contribution in [0.25, 0.3) is 0 Å². The average Bonchev–Trinajstić information content (AvgIpc) is 2.83. The maximum absolute atomic E-state index is 12.3. The van der Waals surface area contributed by atoms with Gasteiger partial charge in [0.25, 0.3) is 40.5 Å². The van der Waals surface area contributed by atoms with E-state index in [1.54, 1.807) is 80.1 Å². The van der Waals surface area contributed by atoms with Crippen molar-refractivity contribution in [3.8, 4) is 0 Å². The molecule has 296 valence electrons. The van der Waals surface area contributed by atoms with Crippen molar-refractivity contribution in [1.82, 2.24) is 0 Å². The molecule has 0 aromatic carbocycles. The van der Waals surface area contributed by atoms with Crippen molar-refractivity contribution in [3.63, 3.8) is 0 Å². The normalized spacial score (nSPS) is 18.4. The molecule has 49 heavy (non-hydrogen) atoms. The maximum Gasteiger partial charge on any atom is 0.637 e. The van der Waals surface area contributed by atoms with Crippen molar-refractivity contribution in [2.24, 2.45) is 0 Å². The van der Waals surface area contributed by atoms with Gasteiger partial charge in [-0.2, -0.15) is 33.7 Å². The van der Waals surface area contributed by atoms with E-state index in [4.69, 9.17) is 33.2 Å².